The van der Waals surface area contributed by atoms with Crippen molar-refractivity contribution in [2.45, 2.75) is 69.0 Å². The van der Waals surface area contributed by atoms with E-state index in [9.17, 15) is 26.7 Å². The molecule has 0 radical (unpaired) electrons. The number of benzene rings is 1. The van der Waals surface area contributed by atoms with Gasteiger partial charge >= 0.3 is 6.18 Å². The molecular weight excluding hydrogens is 475 g/mol. The molecule has 0 aliphatic rings. The summed E-state index contributed by atoms with van der Waals surface area (Å²) in [5.41, 5.74) is -1.23. The van der Waals surface area contributed by atoms with Crippen molar-refractivity contribution in [3.63, 3.8) is 0 Å². The number of alkyl halides is 3. The number of hydrogen-bond donors (Lipinski definition) is 2. The van der Waals surface area contributed by atoms with E-state index in [2.05, 4.69) is 9.71 Å². The Kier molecular flexibility index (Phi) is 9.32. The van der Waals surface area contributed by atoms with Gasteiger partial charge in [0, 0.05) is 11.8 Å². The van der Waals surface area contributed by atoms with Crippen molar-refractivity contribution >= 4 is 26.5 Å². The predicted octanol–water partition coefficient (Wildman–Crippen LogP) is 4.94. The molecule has 2 aromatic rings. The standard InChI is InChI=1S/C22H32F3N3O3S2/c1-5-21(29,6-2)14-17-15-32-20(26-17)27-33(30,31)19-11-10-16(9-7-8-12-28(3)4)13-18(19)22(23,24)25/h10-11,13,15,29H,5-9,12,14H2,1-4H3,(H,26,27). The van der Waals surface area contributed by atoms with E-state index in [4.69, 9.17) is 0 Å². The number of aryl methyl sites for hydroxylation is 1. The third-order valence-electron chi connectivity index (χ3n) is 5.56. The highest BCUT2D eigenvalue weighted by Crippen LogP contribution is 2.36. The quantitative estimate of drug-likeness (QED) is 0.398. The van der Waals surface area contributed by atoms with E-state index in [0.29, 0.717) is 36.9 Å². The number of aromatic nitrogens is 1. The maximum absolute atomic E-state index is 13.7. The van der Waals surface area contributed by atoms with Crippen molar-refractivity contribution in [3.05, 3.63) is 40.4 Å². The number of aliphatic hydroxyl groups is 1. The van der Waals surface area contributed by atoms with E-state index in [1.165, 1.54) is 6.07 Å². The molecule has 33 heavy (non-hydrogen) atoms. The Balaban J connectivity index is 2.24. The fraction of sp³-hybridized carbons (Fsp3) is 0.591. The Morgan fingerprint density at radius 2 is 1.82 bits per heavy atom. The summed E-state index contributed by atoms with van der Waals surface area (Å²) < 4.78 is 69.0. The normalized spacial score (nSPS) is 13.0. The largest absolute Gasteiger partial charge is 0.417 e. The van der Waals surface area contributed by atoms with Gasteiger partial charge in [-0.15, -0.1) is 11.3 Å². The molecule has 0 amide bonds. The summed E-state index contributed by atoms with van der Waals surface area (Å²) >= 11 is 0.967. The third kappa shape index (κ3) is 7.94. The highest BCUT2D eigenvalue weighted by atomic mass is 32.2. The van der Waals surface area contributed by atoms with E-state index >= 15 is 0 Å². The van der Waals surface area contributed by atoms with Crippen LogP contribution >= 0.6 is 11.3 Å². The molecule has 0 bridgehead atoms. The van der Waals surface area contributed by atoms with Crippen LogP contribution in [0.1, 0.15) is 56.4 Å². The average Bonchev–Trinajstić information content (AvgIpc) is 3.15. The molecular formula is C22H32F3N3O3S2. The first-order chi connectivity index (χ1) is 15.3. The molecule has 2 rings (SSSR count). The Bertz CT molecular complexity index is 1020. The van der Waals surface area contributed by atoms with E-state index < -0.39 is 32.3 Å². The van der Waals surface area contributed by atoms with Crippen LogP contribution in [0.25, 0.3) is 0 Å². The minimum absolute atomic E-state index is 0.0413. The van der Waals surface area contributed by atoms with Gasteiger partial charge in [-0.3, -0.25) is 4.72 Å². The summed E-state index contributed by atoms with van der Waals surface area (Å²) in [5, 5.41) is 12.0. The molecule has 0 fully saturated rings. The highest BCUT2D eigenvalue weighted by molar-refractivity contribution is 7.93. The van der Waals surface area contributed by atoms with Crippen LogP contribution in [0.4, 0.5) is 18.3 Å². The summed E-state index contributed by atoms with van der Waals surface area (Å²) in [5.74, 6) is 0. The average molecular weight is 508 g/mol. The van der Waals surface area contributed by atoms with E-state index in [1.807, 2.05) is 32.8 Å². The number of halogens is 3. The van der Waals surface area contributed by atoms with Gasteiger partial charge in [0.2, 0.25) is 0 Å². The minimum atomic E-state index is -4.82. The smallest absolute Gasteiger partial charge is 0.390 e. The van der Waals surface area contributed by atoms with Crippen molar-refractivity contribution in [3.8, 4) is 0 Å². The molecule has 6 nitrogen and oxygen atoms in total. The van der Waals surface area contributed by atoms with E-state index in [-0.39, 0.29) is 11.6 Å². The topological polar surface area (TPSA) is 82.5 Å². The van der Waals surface area contributed by atoms with Crippen LogP contribution in [-0.4, -0.2) is 49.6 Å². The highest BCUT2D eigenvalue weighted by Gasteiger charge is 2.37. The number of anilines is 1. The number of nitrogens with one attached hydrogen (secondary N) is 1. The Morgan fingerprint density at radius 3 is 2.39 bits per heavy atom. The minimum Gasteiger partial charge on any atom is -0.390 e. The van der Waals surface area contributed by atoms with Gasteiger partial charge in [0.25, 0.3) is 10.0 Å². The molecule has 1 aromatic heterocycles. The van der Waals surface area contributed by atoms with Crippen LogP contribution in [0.3, 0.4) is 0 Å². The molecule has 11 heteroatoms. The van der Waals surface area contributed by atoms with Crippen LogP contribution in [0.15, 0.2) is 28.5 Å². The molecule has 0 aliphatic heterocycles. The lowest BCUT2D eigenvalue weighted by atomic mass is 9.92. The second-order valence-corrected chi connectivity index (χ2v) is 11.0. The van der Waals surface area contributed by atoms with Gasteiger partial charge in [0.05, 0.1) is 21.8 Å². The Morgan fingerprint density at radius 1 is 1.15 bits per heavy atom. The van der Waals surface area contributed by atoms with Gasteiger partial charge in [-0.2, -0.15) is 13.2 Å². The first kappa shape index (κ1) is 27.6. The van der Waals surface area contributed by atoms with E-state index in [0.717, 1.165) is 36.4 Å². The van der Waals surface area contributed by atoms with Gasteiger partial charge in [-0.1, -0.05) is 19.9 Å². The lowest BCUT2D eigenvalue weighted by Crippen LogP contribution is -2.29. The van der Waals surface area contributed by atoms with Crippen LogP contribution in [0.5, 0.6) is 0 Å². The van der Waals surface area contributed by atoms with Gasteiger partial charge in [0.15, 0.2) is 5.13 Å². The molecule has 1 heterocycles. The first-order valence-corrected chi connectivity index (χ1v) is 13.2. The predicted molar refractivity (Wildman–Crippen MR) is 125 cm³/mol. The summed E-state index contributed by atoms with van der Waals surface area (Å²) in [6.07, 6.45) is -1.64. The number of nitrogens with zero attached hydrogens (tertiary/aromatic N) is 2. The van der Waals surface area contributed by atoms with Crippen LogP contribution < -0.4 is 4.72 Å². The molecule has 0 aliphatic carbocycles. The first-order valence-electron chi connectivity index (χ1n) is 10.8. The lowest BCUT2D eigenvalue weighted by molar-refractivity contribution is -0.139. The number of unbranched alkanes of at least 4 members (excludes halogenated alkanes) is 1. The van der Waals surface area contributed by atoms with E-state index in [1.54, 1.807) is 5.38 Å². The van der Waals surface area contributed by atoms with Crippen LogP contribution in [0.2, 0.25) is 0 Å². The zero-order chi connectivity index (χ0) is 24.9. The SMILES string of the molecule is CCC(O)(CC)Cc1csc(NS(=O)(=O)c2ccc(CCCCN(C)C)cc2C(F)(F)F)n1. The van der Waals surface area contributed by atoms with Gasteiger partial charge < -0.3 is 10.0 Å². The zero-order valence-electron chi connectivity index (χ0n) is 19.4. The Labute approximate surface area is 197 Å². The summed E-state index contributed by atoms with van der Waals surface area (Å²) in [4.78, 5) is 5.32. The second kappa shape index (κ2) is 11.2. The van der Waals surface area contributed by atoms with Gasteiger partial charge in [0.1, 0.15) is 0 Å². The van der Waals surface area contributed by atoms with Crippen molar-refractivity contribution in [2.75, 3.05) is 25.4 Å². The zero-order valence-corrected chi connectivity index (χ0v) is 21.0. The fourth-order valence-electron chi connectivity index (χ4n) is 3.39. The third-order valence-corrected chi connectivity index (χ3v) is 7.89. The van der Waals surface area contributed by atoms with Crippen LogP contribution in [-0.2, 0) is 29.0 Å². The molecule has 186 valence electrons. The number of hydrogen-bond acceptors (Lipinski definition) is 6. The maximum Gasteiger partial charge on any atom is 0.417 e. The molecule has 1 aromatic carbocycles. The molecule has 0 saturated carbocycles. The van der Waals surface area contributed by atoms with Crippen molar-refractivity contribution in [1.29, 1.82) is 0 Å². The summed E-state index contributed by atoms with van der Waals surface area (Å²) in [7, 11) is -0.665. The number of thiazole rings is 1. The maximum atomic E-state index is 13.7. The number of rotatable bonds is 12. The van der Waals surface area contributed by atoms with Crippen molar-refractivity contribution in [1.82, 2.24) is 9.88 Å². The second-order valence-electron chi connectivity index (χ2n) is 8.45. The lowest BCUT2D eigenvalue weighted by Gasteiger charge is -2.23. The fourth-order valence-corrected chi connectivity index (χ4v) is 5.56. The van der Waals surface area contributed by atoms with Gasteiger partial charge in [-0.05, 0) is 70.4 Å². The van der Waals surface area contributed by atoms with Crippen LogP contribution in [0, 0.1) is 0 Å². The van der Waals surface area contributed by atoms with Crippen molar-refractivity contribution < 1.29 is 26.7 Å². The van der Waals surface area contributed by atoms with Gasteiger partial charge in [-0.25, -0.2) is 13.4 Å². The number of sulfonamides is 1. The molecule has 0 saturated heterocycles. The van der Waals surface area contributed by atoms with Crippen molar-refractivity contribution in [2.24, 2.45) is 0 Å². The monoisotopic (exact) mass is 507 g/mol. The molecule has 0 spiro atoms. The molecule has 0 unspecified atom stereocenters. The molecule has 2 N–H and O–H groups in total. The summed E-state index contributed by atoms with van der Waals surface area (Å²) in [6.45, 7) is 4.50. The summed E-state index contributed by atoms with van der Waals surface area (Å²) in [6, 6.07) is 3.35. The Hall–Kier alpha value is -1.69. The molecule has 0 atom stereocenters.